The molecule has 0 spiro atoms. The molecule has 0 bridgehead atoms. The van der Waals surface area contributed by atoms with Crippen LogP contribution in [0.3, 0.4) is 0 Å². The third-order valence-corrected chi connectivity index (χ3v) is 1.97. The van der Waals surface area contributed by atoms with Gasteiger partial charge in [0.05, 0.1) is 6.61 Å². The van der Waals surface area contributed by atoms with Crippen molar-refractivity contribution in [3.63, 3.8) is 0 Å². The minimum Gasteiger partial charge on any atom is -0.465 e. The van der Waals surface area contributed by atoms with Crippen molar-refractivity contribution in [2.75, 3.05) is 6.61 Å². The Kier molecular flexibility index (Phi) is 4.50. The number of hydrogen-bond acceptors (Lipinski definition) is 2. The summed E-state index contributed by atoms with van der Waals surface area (Å²) in [6.07, 6.45) is 10.2. The first-order chi connectivity index (χ1) is 5.89. The standard InChI is InChI=1S/C10H16O2/c11-10-8-6-4-2-1-3-5-7-9-12-10/h3,5H,1-2,4,6-9H2/b5-3-. The van der Waals surface area contributed by atoms with Crippen LogP contribution >= 0.6 is 0 Å². The zero-order valence-corrected chi connectivity index (χ0v) is 7.42. The van der Waals surface area contributed by atoms with Crippen molar-refractivity contribution < 1.29 is 9.53 Å². The molecule has 0 aliphatic carbocycles. The van der Waals surface area contributed by atoms with E-state index in [0.717, 1.165) is 25.7 Å². The largest absolute Gasteiger partial charge is 0.465 e. The summed E-state index contributed by atoms with van der Waals surface area (Å²) in [6, 6.07) is 0. The number of hydrogen-bond donors (Lipinski definition) is 0. The normalized spacial score (nSPS) is 23.8. The second-order valence-corrected chi connectivity index (χ2v) is 3.08. The Morgan fingerprint density at radius 1 is 1.08 bits per heavy atom. The smallest absolute Gasteiger partial charge is 0.305 e. The van der Waals surface area contributed by atoms with E-state index >= 15 is 0 Å². The molecule has 0 saturated carbocycles. The Labute approximate surface area is 73.6 Å². The predicted octanol–water partition coefficient (Wildman–Crippen LogP) is 2.44. The summed E-state index contributed by atoms with van der Waals surface area (Å²) in [7, 11) is 0. The van der Waals surface area contributed by atoms with Crippen molar-refractivity contribution in [3.05, 3.63) is 12.2 Å². The fourth-order valence-electron chi connectivity index (χ4n) is 1.26. The molecule has 0 aromatic rings. The summed E-state index contributed by atoms with van der Waals surface area (Å²) in [4.78, 5) is 11.0. The first-order valence-corrected chi connectivity index (χ1v) is 4.70. The molecule has 0 N–H and O–H groups in total. The summed E-state index contributed by atoms with van der Waals surface area (Å²) in [5, 5.41) is 0. The van der Waals surface area contributed by atoms with Crippen LogP contribution in [0.5, 0.6) is 0 Å². The molecule has 68 valence electrons. The zero-order chi connectivity index (χ0) is 8.65. The van der Waals surface area contributed by atoms with E-state index in [9.17, 15) is 4.79 Å². The van der Waals surface area contributed by atoms with Crippen LogP contribution in [0, 0.1) is 0 Å². The van der Waals surface area contributed by atoms with E-state index in [1.54, 1.807) is 0 Å². The van der Waals surface area contributed by atoms with Gasteiger partial charge in [0.2, 0.25) is 0 Å². The molecule has 2 nitrogen and oxygen atoms in total. The van der Waals surface area contributed by atoms with Crippen molar-refractivity contribution >= 4 is 5.97 Å². The molecule has 0 unspecified atom stereocenters. The molecule has 1 heterocycles. The van der Waals surface area contributed by atoms with Gasteiger partial charge in [-0.25, -0.2) is 0 Å². The highest BCUT2D eigenvalue weighted by molar-refractivity contribution is 5.69. The lowest BCUT2D eigenvalue weighted by atomic mass is 10.1. The van der Waals surface area contributed by atoms with Gasteiger partial charge in [0.25, 0.3) is 0 Å². The molecule has 0 radical (unpaired) electrons. The highest BCUT2D eigenvalue weighted by Crippen LogP contribution is 2.06. The van der Waals surface area contributed by atoms with Gasteiger partial charge in [-0.2, -0.15) is 0 Å². The molecule has 0 aromatic heterocycles. The molecule has 0 fully saturated rings. The van der Waals surface area contributed by atoms with Gasteiger partial charge in [-0.05, 0) is 25.7 Å². The van der Waals surface area contributed by atoms with Gasteiger partial charge in [-0.15, -0.1) is 0 Å². The molecule has 1 aliphatic rings. The van der Waals surface area contributed by atoms with E-state index in [2.05, 4.69) is 12.2 Å². The van der Waals surface area contributed by atoms with Crippen LogP contribution in [0.4, 0.5) is 0 Å². The van der Waals surface area contributed by atoms with E-state index < -0.39 is 0 Å². The van der Waals surface area contributed by atoms with Gasteiger partial charge < -0.3 is 4.74 Å². The Bertz CT molecular complexity index is 161. The highest BCUT2D eigenvalue weighted by atomic mass is 16.5. The number of cyclic esters (lactones) is 1. The topological polar surface area (TPSA) is 26.3 Å². The highest BCUT2D eigenvalue weighted by Gasteiger charge is 2.01. The number of carbonyl (C=O) groups excluding carboxylic acids is 1. The molecular formula is C10H16O2. The molecule has 2 heteroatoms. The van der Waals surface area contributed by atoms with Crippen LogP contribution in [0.25, 0.3) is 0 Å². The number of allylic oxidation sites excluding steroid dienone is 1. The van der Waals surface area contributed by atoms with Crippen LogP contribution < -0.4 is 0 Å². The van der Waals surface area contributed by atoms with Crippen molar-refractivity contribution in [3.8, 4) is 0 Å². The van der Waals surface area contributed by atoms with Gasteiger partial charge >= 0.3 is 5.97 Å². The van der Waals surface area contributed by atoms with Crippen LogP contribution in [0.2, 0.25) is 0 Å². The monoisotopic (exact) mass is 168 g/mol. The molecule has 0 saturated heterocycles. The van der Waals surface area contributed by atoms with Crippen LogP contribution in [0.15, 0.2) is 12.2 Å². The van der Waals surface area contributed by atoms with E-state index in [4.69, 9.17) is 4.74 Å². The number of esters is 1. The maximum Gasteiger partial charge on any atom is 0.305 e. The molecular weight excluding hydrogens is 152 g/mol. The van der Waals surface area contributed by atoms with E-state index in [1.165, 1.54) is 6.42 Å². The molecule has 0 atom stereocenters. The Morgan fingerprint density at radius 2 is 1.92 bits per heavy atom. The molecule has 0 aromatic carbocycles. The number of ether oxygens (including phenoxy) is 1. The first-order valence-electron chi connectivity index (χ1n) is 4.70. The van der Waals surface area contributed by atoms with Crippen molar-refractivity contribution in [1.82, 2.24) is 0 Å². The minimum atomic E-state index is -0.0368. The molecule has 1 aliphatic heterocycles. The fourth-order valence-corrected chi connectivity index (χ4v) is 1.26. The first kappa shape index (κ1) is 9.30. The average Bonchev–Trinajstić information content (AvgIpc) is 2.11. The summed E-state index contributed by atoms with van der Waals surface area (Å²) in [5.41, 5.74) is 0. The van der Waals surface area contributed by atoms with E-state index in [-0.39, 0.29) is 5.97 Å². The van der Waals surface area contributed by atoms with E-state index in [1.807, 2.05) is 0 Å². The van der Waals surface area contributed by atoms with Gasteiger partial charge in [-0.3, -0.25) is 4.79 Å². The summed E-state index contributed by atoms with van der Waals surface area (Å²) >= 11 is 0. The van der Waals surface area contributed by atoms with Crippen LogP contribution in [-0.4, -0.2) is 12.6 Å². The Hall–Kier alpha value is -0.790. The minimum absolute atomic E-state index is 0.0368. The summed E-state index contributed by atoms with van der Waals surface area (Å²) in [5.74, 6) is -0.0368. The van der Waals surface area contributed by atoms with Crippen molar-refractivity contribution in [2.45, 2.75) is 38.5 Å². The lowest BCUT2D eigenvalue weighted by molar-refractivity contribution is -0.143. The maximum atomic E-state index is 11.0. The quantitative estimate of drug-likeness (QED) is 0.410. The molecule has 12 heavy (non-hydrogen) atoms. The third kappa shape index (κ3) is 4.16. The summed E-state index contributed by atoms with van der Waals surface area (Å²) in [6.45, 7) is 0.551. The Morgan fingerprint density at radius 3 is 2.83 bits per heavy atom. The van der Waals surface area contributed by atoms with Gasteiger partial charge in [0.15, 0.2) is 0 Å². The van der Waals surface area contributed by atoms with Crippen LogP contribution in [0.1, 0.15) is 38.5 Å². The zero-order valence-electron chi connectivity index (χ0n) is 7.42. The van der Waals surface area contributed by atoms with Gasteiger partial charge in [0, 0.05) is 6.42 Å². The average molecular weight is 168 g/mol. The third-order valence-electron chi connectivity index (χ3n) is 1.97. The second-order valence-electron chi connectivity index (χ2n) is 3.08. The summed E-state index contributed by atoms with van der Waals surface area (Å²) < 4.78 is 4.98. The Balaban J connectivity index is 2.26. The van der Waals surface area contributed by atoms with Crippen molar-refractivity contribution in [1.29, 1.82) is 0 Å². The lowest BCUT2D eigenvalue weighted by Gasteiger charge is -2.00. The van der Waals surface area contributed by atoms with Gasteiger partial charge in [0.1, 0.15) is 0 Å². The van der Waals surface area contributed by atoms with Crippen LogP contribution in [-0.2, 0) is 9.53 Å². The van der Waals surface area contributed by atoms with Crippen molar-refractivity contribution in [2.24, 2.45) is 0 Å². The predicted molar refractivity (Wildman–Crippen MR) is 47.8 cm³/mol. The van der Waals surface area contributed by atoms with E-state index in [0.29, 0.717) is 13.0 Å². The number of carbonyl (C=O) groups is 1. The fraction of sp³-hybridized carbons (Fsp3) is 0.700. The SMILES string of the molecule is O=C1CCCCC/C=C\CCO1. The molecule has 1 rings (SSSR count). The number of rotatable bonds is 0. The second kappa shape index (κ2) is 5.81. The van der Waals surface area contributed by atoms with Gasteiger partial charge in [-0.1, -0.05) is 18.6 Å². The maximum absolute atomic E-state index is 11.0. The lowest BCUT2D eigenvalue weighted by Crippen LogP contribution is -2.04. The molecule has 0 amide bonds.